The van der Waals surface area contributed by atoms with Crippen molar-refractivity contribution < 1.29 is 8.78 Å². The lowest BCUT2D eigenvalue weighted by atomic mass is 9.85. The van der Waals surface area contributed by atoms with E-state index >= 15 is 0 Å². The molecule has 4 heteroatoms. The van der Waals surface area contributed by atoms with E-state index in [-0.39, 0.29) is 12.8 Å². The van der Waals surface area contributed by atoms with Crippen molar-refractivity contribution in [1.29, 1.82) is 0 Å². The minimum Gasteiger partial charge on any atom is -0.265 e. The quantitative estimate of drug-likeness (QED) is 0.692. The lowest BCUT2D eigenvalue weighted by Crippen LogP contribution is -2.20. The summed E-state index contributed by atoms with van der Waals surface area (Å²) in [6, 6.07) is 6.08. The van der Waals surface area contributed by atoms with Gasteiger partial charge < -0.3 is 0 Å². The first kappa shape index (κ1) is 14.4. The molecule has 0 bridgehead atoms. The maximum atomic E-state index is 13.5. The Morgan fingerprint density at radius 3 is 2.57 bits per heavy atom. The van der Waals surface area contributed by atoms with E-state index in [1.807, 2.05) is 19.1 Å². The molecule has 1 aliphatic rings. The summed E-state index contributed by atoms with van der Waals surface area (Å²) in [4.78, 5) is 6.41. The zero-order chi connectivity index (χ0) is 15.0. The smallest absolute Gasteiger partial charge is 0.252 e. The van der Waals surface area contributed by atoms with Gasteiger partial charge in [0.25, 0.3) is 5.92 Å². The SMILES string of the molecule is CC1=C(c2cc(C)sc2-c2ccncc2)CCC(F)(F)C1. The minimum absolute atomic E-state index is 0.0512. The zero-order valence-corrected chi connectivity index (χ0v) is 12.9. The van der Waals surface area contributed by atoms with Gasteiger partial charge in [-0.15, -0.1) is 11.3 Å². The van der Waals surface area contributed by atoms with Crippen LogP contribution >= 0.6 is 11.3 Å². The molecule has 1 nitrogen and oxygen atoms in total. The Morgan fingerprint density at radius 1 is 1.19 bits per heavy atom. The van der Waals surface area contributed by atoms with Gasteiger partial charge in [0, 0.05) is 35.0 Å². The first-order valence-electron chi connectivity index (χ1n) is 7.04. The van der Waals surface area contributed by atoms with Crippen molar-refractivity contribution in [2.24, 2.45) is 0 Å². The highest BCUT2D eigenvalue weighted by Crippen LogP contribution is 2.45. The van der Waals surface area contributed by atoms with Crippen LogP contribution in [0.3, 0.4) is 0 Å². The van der Waals surface area contributed by atoms with Gasteiger partial charge in [0.15, 0.2) is 0 Å². The van der Waals surface area contributed by atoms with Crippen LogP contribution < -0.4 is 0 Å². The molecule has 110 valence electrons. The largest absolute Gasteiger partial charge is 0.265 e. The molecule has 0 amide bonds. The molecule has 0 radical (unpaired) electrons. The second-order valence-electron chi connectivity index (χ2n) is 5.63. The van der Waals surface area contributed by atoms with Gasteiger partial charge in [-0.25, -0.2) is 8.78 Å². The summed E-state index contributed by atoms with van der Waals surface area (Å²) in [7, 11) is 0. The number of alkyl halides is 2. The molecule has 0 aromatic carbocycles. The maximum Gasteiger partial charge on any atom is 0.252 e. The number of halogens is 2. The highest BCUT2D eigenvalue weighted by molar-refractivity contribution is 7.15. The van der Waals surface area contributed by atoms with Gasteiger partial charge in [-0.2, -0.15) is 0 Å². The molecule has 0 fully saturated rings. The Kier molecular flexibility index (Phi) is 3.66. The van der Waals surface area contributed by atoms with Crippen molar-refractivity contribution in [2.75, 3.05) is 0 Å². The van der Waals surface area contributed by atoms with Crippen LogP contribution in [0.4, 0.5) is 8.78 Å². The van der Waals surface area contributed by atoms with E-state index in [9.17, 15) is 8.78 Å². The fraction of sp³-hybridized carbons (Fsp3) is 0.353. The normalized spacial score (nSPS) is 18.1. The summed E-state index contributed by atoms with van der Waals surface area (Å²) in [6.07, 6.45) is 3.82. The van der Waals surface area contributed by atoms with E-state index < -0.39 is 5.92 Å². The third kappa shape index (κ3) is 2.91. The fourth-order valence-corrected chi connectivity index (χ4v) is 3.97. The molecule has 2 heterocycles. The molecule has 0 saturated carbocycles. The van der Waals surface area contributed by atoms with Crippen LogP contribution in [0, 0.1) is 6.92 Å². The summed E-state index contributed by atoms with van der Waals surface area (Å²) in [5, 5.41) is 0. The number of allylic oxidation sites excluding steroid dienone is 2. The highest BCUT2D eigenvalue weighted by Gasteiger charge is 2.34. The molecular weight excluding hydrogens is 288 g/mol. The van der Waals surface area contributed by atoms with Crippen molar-refractivity contribution in [3.05, 3.63) is 46.6 Å². The number of pyridine rings is 1. The Labute approximate surface area is 127 Å². The van der Waals surface area contributed by atoms with Crippen molar-refractivity contribution in [3.8, 4) is 10.4 Å². The van der Waals surface area contributed by atoms with Crippen molar-refractivity contribution in [1.82, 2.24) is 4.98 Å². The van der Waals surface area contributed by atoms with Crippen LogP contribution in [0.2, 0.25) is 0 Å². The molecule has 1 aliphatic carbocycles. The van der Waals surface area contributed by atoms with Crippen molar-refractivity contribution >= 4 is 16.9 Å². The monoisotopic (exact) mass is 305 g/mol. The lowest BCUT2D eigenvalue weighted by Gasteiger charge is -2.25. The van der Waals surface area contributed by atoms with Crippen LogP contribution in [0.25, 0.3) is 16.0 Å². The number of hydrogen-bond acceptors (Lipinski definition) is 2. The average Bonchev–Trinajstić information content (AvgIpc) is 2.80. The molecule has 0 saturated heterocycles. The summed E-state index contributed by atoms with van der Waals surface area (Å²) in [6.45, 7) is 3.90. The van der Waals surface area contributed by atoms with Gasteiger partial charge in [-0.3, -0.25) is 4.98 Å². The number of thiophene rings is 1. The molecule has 0 atom stereocenters. The molecule has 21 heavy (non-hydrogen) atoms. The number of nitrogens with zero attached hydrogens (tertiary/aromatic N) is 1. The highest BCUT2D eigenvalue weighted by atomic mass is 32.1. The number of rotatable bonds is 2. The summed E-state index contributed by atoms with van der Waals surface area (Å²) < 4.78 is 27.1. The summed E-state index contributed by atoms with van der Waals surface area (Å²) in [5.41, 5.74) is 4.14. The van der Waals surface area contributed by atoms with Crippen LogP contribution in [0.1, 0.15) is 36.6 Å². The van der Waals surface area contributed by atoms with Crippen molar-refractivity contribution in [2.45, 2.75) is 39.0 Å². The molecule has 2 aromatic heterocycles. The first-order valence-corrected chi connectivity index (χ1v) is 7.85. The van der Waals surface area contributed by atoms with E-state index in [2.05, 4.69) is 18.0 Å². The van der Waals surface area contributed by atoms with E-state index in [1.165, 1.54) is 4.88 Å². The lowest BCUT2D eigenvalue weighted by molar-refractivity contribution is -0.00909. The molecule has 0 aliphatic heterocycles. The maximum absolute atomic E-state index is 13.5. The van der Waals surface area contributed by atoms with E-state index in [4.69, 9.17) is 0 Å². The molecule has 0 N–H and O–H groups in total. The second-order valence-corrected chi connectivity index (χ2v) is 6.88. The fourth-order valence-electron chi connectivity index (χ4n) is 2.92. The Balaban J connectivity index is 2.08. The zero-order valence-electron chi connectivity index (χ0n) is 12.1. The Hall–Kier alpha value is -1.55. The van der Waals surface area contributed by atoms with E-state index in [0.29, 0.717) is 6.42 Å². The Bertz CT molecular complexity index is 686. The minimum atomic E-state index is -2.55. The van der Waals surface area contributed by atoms with Gasteiger partial charge in [0.2, 0.25) is 0 Å². The number of aromatic nitrogens is 1. The molecule has 3 rings (SSSR count). The van der Waals surface area contributed by atoms with Gasteiger partial charge in [0.05, 0.1) is 0 Å². The third-order valence-corrected chi connectivity index (χ3v) is 5.00. The predicted octanol–water partition coefficient (Wildman–Crippen LogP) is 5.71. The average molecular weight is 305 g/mol. The third-order valence-electron chi connectivity index (χ3n) is 3.90. The Morgan fingerprint density at radius 2 is 1.90 bits per heavy atom. The van der Waals surface area contributed by atoms with E-state index in [1.54, 1.807) is 23.7 Å². The summed E-state index contributed by atoms with van der Waals surface area (Å²) >= 11 is 1.71. The van der Waals surface area contributed by atoms with Crippen LogP contribution in [-0.2, 0) is 0 Å². The molecular formula is C17H17F2NS. The molecule has 0 spiro atoms. The topological polar surface area (TPSA) is 12.9 Å². The first-order chi connectivity index (χ1) is 9.96. The van der Waals surface area contributed by atoms with Crippen molar-refractivity contribution in [3.63, 3.8) is 0 Å². The molecule has 0 unspecified atom stereocenters. The van der Waals surface area contributed by atoms with Gasteiger partial charge >= 0.3 is 0 Å². The standard InChI is InChI=1S/C17H17F2NS/c1-11-10-17(18,19)6-3-14(11)15-9-12(2)21-16(15)13-4-7-20-8-5-13/h4-5,7-9H,3,6,10H2,1-2H3. The number of aryl methyl sites for hydroxylation is 1. The van der Waals surface area contributed by atoms with Gasteiger partial charge in [-0.1, -0.05) is 5.57 Å². The van der Waals surface area contributed by atoms with Gasteiger partial charge in [-0.05, 0) is 55.2 Å². The van der Waals surface area contributed by atoms with Gasteiger partial charge in [0.1, 0.15) is 0 Å². The summed E-state index contributed by atoms with van der Waals surface area (Å²) in [5.74, 6) is -2.55. The van der Waals surface area contributed by atoms with Crippen LogP contribution in [-0.4, -0.2) is 10.9 Å². The van der Waals surface area contributed by atoms with Crippen LogP contribution in [0.5, 0.6) is 0 Å². The van der Waals surface area contributed by atoms with E-state index in [0.717, 1.165) is 27.2 Å². The predicted molar refractivity (Wildman–Crippen MR) is 83.7 cm³/mol. The molecule has 2 aromatic rings. The number of hydrogen-bond donors (Lipinski definition) is 0. The van der Waals surface area contributed by atoms with Crippen LogP contribution in [0.15, 0.2) is 36.2 Å². The second kappa shape index (κ2) is 5.34.